The van der Waals surface area contributed by atoms with Crippen LogP contribution in [0.25, 0.3) is 10.9 Å². The van der Waals surface area contributed by atoms with Crippen LogP contribution in [0.4, 0.5) is 5.69 Å². The lowest BCUT2D eigenvalue weighted by Crippen LogP contribution is -2.33. The van der Waals surface area contributed by atoms with Crippen molar-refractivity contribution >= 4 is 28.4 Å². The number of imide groups is 1. The molecule has 0 bridgehead atoms. The minimum absolute atomic E-state index is 0.226. The number of aromatic nitrogens is 3. The quantitative estimate of drug-likeness (QED) is 0.729. The molecule has 1 aromatic carbocycles. The molecule has 30 heavy (non-hydrogen) atoms. The van der Waals surface area contributed by atoms with Crippen molar-refractivity contribution in [1.82, 2.24) is 19.2 Å². The Morgan fingerprint density at radius 1 is 1.30 bits per heavy atom. The van der Waals surface area contributed by atoms with Crippen LogP contribution in [0.5, 0.6) is 0 Å². The van der Waals surface area contributed by atoms with Gasteiger partial charge in [-0.05, 0) is 23.6 Å². The molecule has 0 saturated carbocycles. The fraction of sp³-hybridized carbons (Fsp3) is 0.348. The molecule has 7 heteroatoms. The minimum atomic E-state index is -0.280. The SMILES string of the molecule is CC(=O)N1CC2=C(C1=O)C(c1cnn(C)c1)c1cn(CC(C)C)c3cccc(c13)N2. The number of benzene rings is 1. The van der Waals surface area contributed by atoms with E-state index in [9.17, 15) is 9.59 Å². The fourth-order valence-electron chi connectivity index (χ4n) is 4.75. The van der Waals surface area contributed by atoms with Crippen molar-refractivity contribution in [2.45, 2.75) is 33.2 Å². The molecule has 1 atom stereocenters. The summed E-state index contributed by atoms with van der Waals surface area (Å²) in [7, 11) is 1.87. The summed E-state index contributed by atoms with van der Waals surface area (Å²) in [5.41, 5.74) is 5.58. The van der Waals surface area contributed by atoms with Gasteiger partial charge in [0.25, 0.3) is 5.91 Å². The van der Waals surface area contributed by atoms with Crippen LogP contribution in [0.15, 0.2) is 48.1 Å². The topological polar surface area (TPSA) is 72.2 Å². The van der Waals surface area contributed by atoms with E-state index in [4.69, 9.17) is 0 Å². The second-order valence-electron chi connectivity index (χ2n) is 8.64. The van der Waals surface area contributed by atoms with Crippen molar-refractivity contribution in [2.24, 2.45) is 13.0 Å². The first-order valence-electron chi connectivity index (χ1n) is 10.3. The molecule has 0 saturated heterocycles. The summed E-state index contributed by atoms with van der Waals surface area (Å²) in [6, 6.07) is 6.21. The van der Waals surface area contributed by atoms with E-state index in [0.717, 1.165) is 40.0 Å². The lowest BCUT2D eigenvalue weighted by atomic mass is 9.86. The van der Waals surface area contributed by atoms with Crippen LogP contribution in [0.1, 0.15) is 37.8 Å². The Balaban J connectivity index is 1.79. The number of hydrogen-bond donors (Lipinski definition) is 1. The highest BCUT2D eigenvalue weighted by molar-refractivity contribution is 6.11. The smallest absolute Gasteiger partial charge is 0.259 e. The molecule has 0 fully saturated rings. The number of carbonyl (C=O) groups excluding carboxylic acids is 2. The molecule has 7 nitrogen and oxygen atoms in total. The van der Waals surface area contributed by atoms with Gasteiger partial charge in [-0.2, -0.15) is 5.10 Å². The van der Waals surface area contributed by atoms with Crippen LogP contribution in [0, 0.1) is 5.92 Å². The van der Waals surface area contributed by atoms with Gasteiger partial charge < -0.3 is 9.88 Å². The Labute approximate surface area is 175 Å². The third-order valence-corrected chi connectivity index (χ3v) is 5.94. The van der Waals surface area contributed by atoms with Gasteiger partial charge in [0, 0.05) is 61.2 Å². The van der Waals surface area contributed by atoms with E-state index in [2.05, 4.69) is 41.1 Å². The lowest BCUT2D eigenvalue weighted by molar-refractivity contribution is -0.139. The van der Waals surface area contributed by atoms with Gasteiger partial charge in [-0.15, -0.1) is 0 Å². The van der Waals surface area contributed by atoms with Crippen LogP contribution < -0.4 is 5.32 Å². The largest absolute Gasteiger partial charge is 0.356 e. The average Bonchev–Trinajstić information content (AvgIpc) is 3.32. The molecule has 3 aromatic rings. The van der Waals surface area contributed by atoms with E-state index < -0.39 is 0 Å². The first-order chi connectivity index (χ1) is 14.3. The Morgan fingerprint density at radius 3 is 2.77 bits per heavy atom. The zero-order valence-corrected chi connectivity index (χ0v) is 17.6. The predicted molar refractivity (Wildman–Crippen MR) is 115 cm³/mol. The lowest BCUT2D eigenvalue weighted by Gasteiger charge is -2.18. The molecule has 1 N–H and O–H groups in total. The van der Waals surface area contributed by atoms with E-state index in [1.54, 1.807) is 4.68 Å². The number of hydrogen-bond acceptors (Lipinski definition) is 4. The molecule has 0 spiro atoms. The van der Waals surface area contributed by atoms with E-state index >= 15 is 0 Å². The molecule has 0 radical (unpaired) electrons. The van der Waals surface area contributed by atoms with E-state index in [1.807, 2.05) is 31.6 Å². The number of anilines is 1. The Morgan fingerprint density at radius 2 is 2.10 bits per heavy atom. The summed E-state index contributed by atoms with van der Waals surface area (Å²) >= 11 is 0. The maximum atomic E-state index is 13.4. The van der Waals surface area contributed by atoms with E-state index in [0.29, 0.717) is 11.5 Å². The molecule has 4 heterocycles. The third-order valence-electron chi connectivity index (χ3n) is 5.94. The monoisotopic (exact) mass is 403 g/mol. The Hall–Kier alpha value is -3.35. The first-order valence-corrected chi connectivity index (χ1v) is 10.3. The van der Waals surface area contributed by atoms with Crippen LogP contribution in [0.2, 0.25) is 0 Å². The number of aryl methyl sites for hydroxylation is 1. The summed E-state index contributed by atoms with van der Waals surface area (Å²) in [5.74, 6) is -0.259. The standard InChI is InChI=1S/C23H25N5O2/c1-13(2)9-27-11-16-20(15-8-24-26(4)10-15)22-18(12-28(14(3)29)23(22)30)25-17-6-5-7-19(27)21(16)17/h5-8,10-11,13,20,25H,9,12H2,1-4H3. The normalized spacial score (nSPS) is 18.2. The molecule has 0 aliphatic carbocycles. The van der Waals surface area contributed by atoms with Gasteiger partial charge in [-0.3, -0.25) is 19.2 Å². The van der Waals surface area contributed by atoms with Crippen LogP contribution in [-0.2, 0) is 23.2 Å². The molecule has 2 amide bonds. The summed E-state index contributed by atoms with van der Waals surface area (Å²) in [6.07, 6.45) is 5.95. The van der Waals surface area contributed by atoms with Crippen molar-refractivity contribution in [3.63, 3.8) is 0 Å². The molecular formula is C23H25N5O2. The molecular weight excluding hydrogens is 378 g/mol. The van der Waals surface area contributed by atoms with Crippen LogP contribution in [-0.4, -0.2) is 37.6 Å². The summed E-state index contributed by atoms with van der Waals surface area (Å²) in [4.78, 5) is 26.8. The van der Waals surface area contributed by atoms with Gasteiger partial charge in [-0.1, -0.05) is 19.9 Å². The Kier molecular flexibility index (Phi) is 4.10. The maximum Gasteiger partial charge on any atom is 0.259 e. The summed E-state index contributed by atoms with van der Waals surface area (Å²) in [5, 5.41) is 8.99. The van der Waals surface area contributed by atoms with Crippen molar-refractivity contribution in [3.8, 4) is 0 Å². The number of nitrogens with one attached hydrogen (secondary N) is 1. The zero-order valence-electron chi connectivity index (χ0n) is 17.6. The zero-order chi connectivity index (χ0) is 21.2. The second-order valence-corrected chi connectivity index (χ2v) is 8.64. The molecule has 2 aromatic heterocycles. The third kappa shape index (κ3) is 2.69. The molecule has 5 rings (SSSR count). The van der Waals surface area contributed by atoms with Crippen LogP contribution >= 0.6 is 0 Å². The van der Waals surface area contributed by atoms with E-state index in [-0.39, 0.29) is 24.3 Å². The predicted octanol–water partition coefficient (Wildman–Crippen LogP) is 3.23. The van der Waals surface area contributed by atoms with Crippen molar-refractivity contribution in [1.29, 1.82) is 0 Å². The van der Waals surface area contributed by atoms with Gasteiger partial charge in [0.05, 0.1) is 23.8 Å². The van der Waals surface area contributed by atoms with Crippen LogP contribution in [0.3, 0.4) is 0 Å². The van der Waals surface area contributed by atoms with Gasteiger partial charge in [0.1, 0.15) is 0 Å². The summed E-state index contributed by atoms with van der Waals surface area (Å²) in [6.45, 7) is 6.99. The minimum Gasteiger partial charge on any atom is -0.356 e. The van der Waals surface area contributed by atoms with Crippen molar-refractivity contribution in [3.05, 3.63) is 59.2 Å². The van der Waals surface area contributed by atoms with E-state index in [1.165, 1.54) is 11.8 Å². The molecule has 1 unspecified atom stereocenters. The first kappa shape index (κ1) is 18.7. The number of rotatable bonds is 3. The van der Waals surface area contributed by atoms with Gasteiger partial charge in [-0.25, -0.2) is 0 Å². The van der Waals surface area contributed by atoms with Crippen molar-refractivity contribution < 1.29 is 9.59 Å². The van der Waals surface area contributed by atoms with Gasteiger partial charge in [0.2, 0.25) is 5.91 Å². The second kappa shape index (κ2) is 6.58. The van der Waals surface area contributed by atoms with Gasteiger partial charge in [0.15, 0.2) is 0 Å². The van der Waals surface area contributed by atoms with Gasteiger partial charge >= 0.3 is 0 Å². The maximum absolute atomic E-state index is 13.4. The Bertz CT molecular complexity index is 1230. The fourth-order valence-corrected chi connectivity index (χ4v) is 4.75. The van der Waals surface area contributed by atoms with Crippen molar-refractivity contribution in [2.75, 3.05) is 11.9 Å². The number of nitrogens with zero attached hydrogens (tertiary/aromatic N) is 4. The highest BCUT2D eigenvalue weighted by atomic mass is 16.2. The highest BCUT2D eigenvalue weighted by Gasteiger charge is 2.42. The number of carbonyl (C=O) groups is 2. The molecule has 154 valence electrons. The summed E-state index contributed by atoms with van der Waals surface area (Å²) < 4.78 is 4.03. The molecule has 2 aliphatic heterocycles. The molecule has 2 aliphatic rings. The number of amides is 2. The highest BCUT2D eigenvalue weighted by Crippen LogP contribution is 2.46. The average molecular weight is 403 g/mol.